The lowest BCUT2D eigenvalue weighted by molar-refractivity contribution is 0.0747. The molecule has 0 radical (unpaired) electrons. The number of ether oxygens (including phenoxy) is 2. The number of para-hydroxylation sites is 2. The van der Waals surface area contributed by atoms with Crippen molar-refractivity contribution in [1.82, 2.24) is 19.8 Å². The van der Waals surface area contributed by atoms with Gasteiger partial charge in [-0.05, 0) is 98.5 Å². The zero-order valence-electron chi connectivity index (χ0n) is 41.2. The molecular formula is C62H54N4O8. The molecule has 0 atom stereocenters. The van der Waals surface area contributed by atoms with E-state index in [1.54, 1.807) is 58.3 Å². The van der Waals surface area contributed by atoms with E-state index >= 15 is 0 Å². The third-order valence-corrected chi connectivity index (χ3v) is 13.8. The van der Waals surface area contributed by atoms with E-state index in [0.29, 0.717) is 107 Å². The maximum atomic E-state index is 13.9. The first-order valence-electron chi connectivity index (χ1n) is 25.1. The molecule has 0 unspecified atom stereocenters. The molecule has 2 aliphatic rings. The minimum absolute atomic E-state index is 0.0741. The Morgan fingerprint density at radius 1 is 0.473 bits per heavy atom. The number of rotatable bonds is 19. The summed E-state index contributed by atoms with van der Waals surface area (Å²) in [6, 6.07) is 47.6. The lowest BCUT2D eigenvalue weighted by Gasteiger charge is -2.22. The summed E-state index contributed by atoms with van der Waals surface area (Å²) in [5.41, 5.74) is 5.83. The van der Waals surface area contributed by atoms with Crippen molar-refractivity contribution in [3.63, 3.8) is 0 Å². The maximum absolute atomic E-state index is 13.9. The van der Waals surface area contributed by atoms with Crippen LogP contribution in [0.15, 0.2) is 158 Å². The van der Waals surface area contributed by atoms with E-state index in [2.05, 4.69) is 0 Å². The summed E-state index contributed by atoms with van der Waals surface area (Å²) in [4.78, 5) is 68.4. The Hall–Kier alpha value is -8.90. The van der Waals surface area contributed by atoms with Crippen LogP contribution in [0, 0.1) is 0 Å². The van der Waals surface area contributed by atoms with E-state index in [1.807, 2.05) is 123 Å². The maximum Gasteiger partial charge on any atom is 0.253 e. The largest absolute Gasteiger partial charge is 0.506 e. The number of pyridine rings is 2. The molecule has 370 valence electrons. The highest BCUT2D eigenvalue weighted by Gasteiger charge is 2.34. The van der Waals surface area contributed by atoms with Gasteiger partial charge in [-0.1, -0.05) is 110 Å². The monoisotopic (exact) mass is 982 g/mol. The quantitative estimate of drug-likeness (QED) is 0.0747. The second kappa shape index (κ2) is 21.4. The van der Waals surface area contributed by atoms with Gasteiger partial charge in [0.1, 0.15) is 47.3 Å². The van der Waals surface area contributed by atoms with E-state index in [0.717, 1.165) is 47.6 Å². The topological polar surface area (TPSA) is 159 Å². The first kappa shape index (κ1) is 48.7. The average molecular weight is 983 g/mol. The van der Waals surface area contributed by atoms with E-state index < -0.39 is 0 Å². The van der Waals surface area contributed by atoms with Gasteiger partial charge in [0.05, 0.1) is 22.5 Å². The molecule has 2 amide bonds. The summed E-state index contributed by atoms with van der Waals surface area (Å²) in [5.74, 6) is -0.470. The van der Waals surface area contributed by atoms with Crippen LogP contribution in [-0.2, 0) is 13.2 Å². The summed E-state index contributed by atoms with van der Waals surface area (Å²) < 4.78 is 12.3. The second-order valence-corrected chi connectivity index (χ2v) is 18.4. The van der Waals surface area contributed by atoms with Crippen LogP contribution < -0.4 is 9.47 Å². The van der Waals surface area contributed by atoms with Crippen molar-refractivity contribution in [2.75, 3.05) is 26.2 Å². The van der Waals surface area contributed by atoms with Crippen molar-refractivity contribution in [3.8, 4) is 11.5 Å². The first-order chi connectivity index (χ1) is 36.1. The minimum atomic E-state index is -0.369. The number of aromatic nitrogens is 2. The lowest BCUT2D eigenvalue weighted by Crippen LogP contribution is -2.32. The Bertz CT molecular complexity index is 3320. The molecule has 2 aromatic heterocycles. The molecular weight excluding hydrogens is 929 g/mol. The summed E-state index contributed by atoms with van der Waals surface area (Å²) in [6.07, 6.45) is 3.13. The molecule has 12 nitrogen and oxygen atoms in total. The smallest absolute Gasteiger partial charge is 0.253 e. The number of nitrogens with zero attached hydrogens (tertiary/aromatic N) is 4. The zero-order valence-corrected chi connectivity index (χ0v) is 41.2. The standard InChI is InChI=1S/C62H54N4O8/c1-3-65(61(71)43-25-29-45-47(35-43)59(69)53(57(45)67)49-31-27-41-21-15-23-51(55(41)63-49)73-37-39-17-9-7-10-18-39)33-13-5-6-14-34-66(4-2)62(72)44-26-30-46-48(36-44)60(70)54(58(46)68)50-32-28-42-22-16-24-52(56(42)64-50)74-38-40-19-11-8-12-20-40/h7-12,15-32,35-36,69-70H,3-6,13-14,33-34,37-38H2,1-2H3. The Kier molecular flexibility index (Phi) is 14.1. The Morgan fingerprint density at radius 2 is 0.892 bits per heavy atom. The number of Topliss-reactive ketones (excluding diaryl/α,β-unsaturated/α-hetero) is 2. The highest BCUT2D eigenvalue weighted by molar-refractivity contribution is 6.39. The van der Waals surface area contributed by atoms with Crippen LogP contribution in [0.4, 0.5) is 0 Å². The van der Waals surface area contributed by atoms with Crippen molar-refractivity contribution in [2.45, 2.75) is 52.7 Å². The van der Waals surface area contributed by atoms with Crippen molar-refractivity contribution in [1.29, 1.82) is 0 Å². The molecule has 0 bridgehead atoms. The summed E-state index contributed by atoms with van der Waals surface area (Å²) in [5, 5.41) is 24.7. The van der Waals surface area contributed by atoms with Crippen LogP contribution >= 0.6 is 0 Å². The summed E-state index contributed by atoms with van der Waals surface area (Å²) in [7, 11) is 0. The predicted molar refractivity (Wildman–Crippen MR) is 287 cm³/mol. The highest BCUT2D eigenvalue weighted by Crippen LogP contribution is 2.40. The number of fused-ring (bicyclic) bond motifs is 4. The SMILES string of the molecule is CCN(CCCCCCN(CC)C(=O)c1ccc2c(c1)C(O)=C(c1ccc3cccc(OCc4ccccc4)c3n1)C2=O)C(=O)c1ccc2c(c1)C(O)=C(c1ccc3cccc(OCc4ccccc4)c3n1)C2=O. The highest BCUT2D eigenvalue weighted by atomic mass is 16.5. The molecule has 0 aliphatic heterocycles. The average Bonchev–Trinajstić information content (AvgIpc) is 3.84. The number of hydrogen-bond acceptors (Lipinski definition) is 10. The molecule has 2 heterocycles. The molecule has 0 spiro atoms. The zero-order chi connectivity index (χ0) is 51.3. The normalized spacial score (nSPS) is 12.9. The van der Waals surface area contributed by atoms with Crippen LogP contribution in [0.25, 0.3) is 44.5 Å². The van der Waals surface area contributed by atoms with Gasteiger partial charge in [-0.25, -0.2) is 9.97 Å². The minimum Gasteiger partial charge on any atom is -0.506 e. The Labute approximate surface area is 428 Å². The predicted octanol–water partition coefficient (Wildman–Crippen LogP) is 12.4. The molecule has 6 aromatic carbocycles. The number of carbonyl (C=O) groups is 4. The van der Waals surface area contributed by atoms with Crippen LogP contribution in [-0.4, -0.2) is 79.5 Å². The van der Waals surface area contributed by atoms with Crippen molar-refractivity contribution < 1.29 is 38.9 Å². The molecule has 12 heteroatoms. The van der Waals surface area contributed by atoms with Crippen LogP contribution in [0.2, 0.25) is 0 Å². The van der Waals surface area contributed by atoms with Crippen LogP contribution in [0.5, 0.6) is 11.5 Å². The third kappa shape index (κ3) is 9.74. The number of amides is 2. The fraction of sp³-hybridized carbons (Fsp3) is 0.194. The van der Waals surface area contributed by atoms with E-state index in [9.17, 15) is 29.4 Å². The molecule has 0 saturated heterocycles. The third-order valence-electron chi connectivity index (χ3n) is 13.8. The van der Waals surface area contributed by atoms with Gasteiger partial charge in [-0.2, -0.15) is 0 Å². The van der Waals surface area contributed by atoms with Gasteiger partial charge in [-0.15, -0.1) is 0 Å². The van der Waals surface area contributed by atoms with Gasteiger partial charge in [0.2, 0.25) is 0 Å². The number of hydrogen-bond donors (Lipinski definition) is 2. The fourth-order valence-corrected chi connectivity index (χ4v) is 9.72. The number of aliphatic hydroxyl groups excluding tert-OH is 2. The number of benzene rings is 6. The molecule has 2 aliphatic carbocycles. The van der Waals surface area contributed by atoms with E-state index in [4.69, 9.17) is 19.4 Å². The number of aliphatic hydroxyl groups is 2. The van der Waals surface area contributed by atoms with E-state index in [-0.39, 0.29) is 46.0 Å². The second-order valence-electron chi connectivity index (χ2n) is 18.4. The van der Waals surface area contributed by atoms with Gasteiger partial charge in [0.25, 0.3) is 11.8 Å². The lowest BCUT2D eigenvalue weighted by atomic mass is 10.0. The van der Waals surface area contributed by atoms with Gasteiger partial charge >= 0.3 is 0 Å². The van der Waals surface area contributed by atoms with Gasteiger partial charge in [0.15, 0.2) is 11.6 Å². The Balaban J connectivity index is 0.742. The molecule has 74 heavy (non-hydrogen) atoms. The van der Waals surface area contributed by atoms with Crippen molar-refractivity contribution in [3.05, 3.63) is 214 Å². The number of unbranched alkanes of at least 4 members (excludes halogenated alkanes) is 3. The molecule has 2 N–H and O–H groups in total. The number of ketones is 2. The first-order valence-corrected chi connectivity index (χ1v) is 25.1. The number of allylic oxidation sites excluding steroid dienone is 2. The Morgan fingerprint density at radius 3 is 1.30 bits per heavy atom. The summed E-state index contributed by atoms with van der Waals surface area (Å²) in [6.45, 7) is 6.48. The molecule has 10 rings (SSSR count). The molecule has 0 fully saturated rings. The van der Waals surface area contributed by atoms with Crippen molar-refractivity contribution >= 4 is 67.9 Å². The van der Waals surface area contributed by atoms with Crippen LogP contribution in [0.3, 0.4) is 0 Å². The van der Waals surface area contributed by atoms with Crippen LogP contribution in [0.1, 0.15) is 115 Å². The van der Waals surface area contributed by atoms with Gasteiger partial charge < -0.3 is 29.5 Å². The summed E-state index contributed by atoms with van der Waals surface area (Å²) >= 11 is 0. The molecule has 0 saturated carbocycles. The van der Waals surface area contributed by atoms with Crippen molar-refractivity contribution in [2.24, 2.45) is 0 Å². The van der Waals surface area contributed by atoms with E-state index in [1.165, 1.54) is 0 Å². The van der Waals surface area contributed by atoms with Gasteiger partial charge in [-0.3, -0.25) is 19.2 Å². The number of carbonyl (C=O) groups excluding carboxylic acids is 4. The molecule has 8 aromatic rings. The van der Waals surface area contributed by atoms with Gasteiger partial charge in [0, 0.05) is 70.3 Å². The fourth-order valence-electron chi connectivity index (χ4n) is 9.72.